The van der Waals surface area contributed by atoms with Gasteiger partial charge in [0.25, 0.3) is 17.1 Å². The first-order valence-electron chi connectivity index (χ1n) is 4.37. The maximum absolute atomic E-state index is 11.1. The molecule has 18 heteroatoms. The standard InChI is InChI=1S/C6H3N3O8.ClHO4.K.Pb/c10-5-2(7(12)13)1-3(8(14)15)6(11)4(5)9(16)17;2-1(3,4)5;;/h1,10-11H;(H,2,3,4,5);;/q;;+1;+2/p-3. The third kappa shape index (κ3) is 9.26. The largest absolute Gasteiger partial charge is 2.00 e. The molecule has 124 valence electrons. The van der Waals surface area contributed by atoms with Crippen LogP contribution in [0.4, 0.5) is 17.1 Å². The van der Waals surface area contributed by atoms with Gasteiger partial charge in [-0.15, -0.1) is 10.2 Å². The minimum absolute atomic E-state index is 0. The maximum atomic E-state index is 11.1. The molecule has 0 bridgehead atoms. The van der Waals surface area contributed by atoms with Gasteiger partial charge < -0.3 is 10.2 Å². The summed E-state index contributed by atoms with van der Waals surface area (Å²) in [5.41, 5.74) is -4.48. The fraction of sp³-hybridized carbons (Fsp3) is 0. The Morgan fingerprint density at radius 3 is 1.17 bits per heavy atom. The third-order valence-electron chi connectivity index (χ3n) is 1.74. The van der Waals surface area contributed by atoms with Crippen molar-refractivity contribution in [1.29, 1.82) is 0 Å². The Labute approximate surface area is 195 Å². The molecule has 0 aliphatic rings. The Balaban J connectivity index is -0.000000554. The van der Waals surface area contributed by atoms with Gasteiger partial charge in [0, 0.05) is 0 Å². The molecule has 0 aliphatic carbocycles. The fourth-order valence-electron chi connectivity index (χ4n) is 1.04. The first-order chi connectivity index (χ1) is 9.77. The molecule has 0 fully saturated rings. The molecule has 0 unspecified atom stereocenters. The van der Waals surface area contributed by atoms with Gasteiger partial charge in [0.15, 0.2) is 0 Å². The molecule has 1 rings (SSSR count). The molecule has 0 heterocycles. The molecular weight excluding hydrogens is 588 g/mol. The number of nitrogens with zero attached hydrogens (tertiary/aromatic N) is 3. The predicted octanol–water partition coefficient (Wildman–Crippen LogP) is -8.57. The van der Waals surface area contributed by atoms with Crippen molar-refractivity contribution in [2.24, 2.45) is 0 Å². The Morgan fingerprint density at radius 1 is 0.750 bits per heavy atom. The van der Waals surface area contributed by atoms with Gasteiger partial charge in [-0.05, 0) is 0 Å². The monoisotopic (exact) mass is 589 g/mol. The minimum atomic E-state index is -4.94. The number of nitro benzene ring substituents is 3. The van der Waals surface area contributed by atoms with Crippen LogP contribution >= 0.6 is 0 Å². The van der Waals surface area contributed by atoms with E-state index in [0.29, 0.717) is 0 Å². The zero-order chi connectivity index (χ0) is 17.8. The van der Waals surface area contributed by atoms with Crippen LogP contribution in [0.2, 0.25) is 0 Å². The molecular formula is C6HClKN3O12Pb. The van der Waals surface area contributed by atoms with Crippen molar-refractivity contribution in [1.82, 2.24) is 0 Å². The van der Waals surface area contributed by atoms with Crippen LogP contribution in [0.5, 0.6) is 11.5 Å². The van der Waals surface area contributed by atoms with Gasteiger partial charge in [-0.25, -0.2) is 18.6 Å². The fourth-order valence-corrected chi connectivity index (χ4v) is 1.04. The summed E-state index contributed by atoms with van der Waals surface area (Å²) < 4.78 is 34.0. The van der Waals surface area contributed by atoms with Crippen molar-refractivity contribution in [3.8, 4) is 11.5 Å². The summed E-state index contributed by atoms with van der Waals surface area (Å²) >= 11 is 0. The van der Waals surface area contributed by atoms with Crippen LogP contribution in [-0.4, -0.2) is 42.1 Å². The summed E-state index contributed by atoms with van der Waals surface area (Å²) in [6.45, 7) is 0. The van der Waals surface area contributed by atoms with E-state index < -0.39 is 53.6 Å². The van der Waals surface area contributed by atoms with Crippen molar-refractivity contribution < 1.29 is 105 Å². The molecule has 15 nitrogen and oxygen atoms in total. The van der Waals surface area contributed by atoms with Crippen LogP contribution < -0.4 is 80.2 Å². The van der Waals surface area contributed by atoms with Crippen LogP contribution in [0.3, 0.4) is 0 Å². The van der Waals surface area contributed by atoms with Gasteiger partial charge in [0.05, 0.1) is 32.3 Å². The van der Waals surface area contributed by atoms with Gasteiger partial charge in [0.1, 0.15) is 0 Å². The van der Waals surface area contributed by atoms with E-state index in [0.717, 1.165) is 0 Å². The molecule has 0 aliphatic heterocycles. The zero-order valence-electron chi connectivity index (χ0n) is 11.2. The van der Waals surface area contributed by atoms with Gasteiger partial charge in [-0.1, -0.05) is 0 Å². The van der Waals surface area contributed by atoms with Gasteiger partial charge in [-0.3, -0.25) is 30.3 Å². The topological polar surface area (TPSA) is 268 Å². The van der Waals surface area contributed by atoms with E-state index in [-0.39, 0.29) is 84.7 Å². The van der Waals surface area contributed by atoms with Gasteiger partial charge in [-0.2, -0.15) is 0 Å². The molecule has 1 aromatic rings. The van der Waals surface area contributed by atoms with E-state index in [4.69, 9.17) is 18.6 Å². The number of hydrogen-bond donors (Lipinski definition) is 0. The summed E-state index contributed by atoms with van der Waals surface area (Å²) in [7, 11) is -4.94. The summed E-state index contributed by atoms with van der Waals surface area (Å²) in [5, 5.41) is 53.3. The molecule has 0 atom stereocenters. The van der Waals surface area contributed by atoms with Crippen LogP contribution in [0.25, 0.3) is 0 Å². The molecule has 0 saturated carbocycles. The SMILES string of the molecule is O=[N+]([O-])c1cc([N+](=O)[O-])c([O-])c([N+](=O)[O-])c1[O-].[K+].[O-][Cl+3]([O-])([O-])[O-].[Pb+2]. The van der Waals surface area contributed by atoms with E-state index in [1.165, 1.54) is 0 Å². The summed E-state index contributed by atoms with van der Waals surface area (Å²) in [5.74, 6) is -3.51. The van der Waals surface area contributed by atoms with Gasteiger partial charge in [0.2, 0.25) is 0 Å². The number of halogens is 1. The van der Waals surface area contributed by atoms with E-state index >= 15 is 0 Å². The van der Waals surface area contributed by atoms with E-state index in [1.807, 2.05) is 0 Å². The second-order valence-corrected chi connectivity index (χ2v) is 3.83. The average Bonchev–Trinajstić information content (AvgIpc) is 2.24. The van der Waals surface area contributed by atoms with E-state index in [1.54, 1.807) is 0 Å². The predicted molar refractivity (Wildman–Crippen MR) is 51.1 cm³/mol. The summed E-state index contributed by atoms with van der Waals surface area (Å²) in [6.07, 6.45) is 0. The second kappa shape index (κ2) is 11.3. The zero-order valence-corrected chi connectivity index (χ0v) is 19.0. The van der Waals surface area contributed by atoms with Crippen LogP contribution in [0, 0.1) is 40.6 Å². The van der Waals surface area contributed by atoms with E-state index in [9.17, 15) is 40.6 Å². The summed E-state index contributed by atoms with van der Waals surface area (Å²) in [4.78, 5) is 26.9. The van der Waals surface area contributed by atoms with Crippen molar-refractivity contribution in [2.75, 3.05) is 0 Å². The molecule has 0 spiro atoms. The van der Waals surface area contributed by atoms with Gasteiger partial charge >= 0.3 is 78.7 Å². The Bertz CT molecular complexity index is 592. The van der Waals surface area contributed by atoms with Crippen molar-refractivity contribution in [3.05, 3.63) is 36.4 Å². The third-order valence-corrected chi connectivity index (χ3v) is 1.74. The Kier molecular flexibility index (Phi) is 13.5. The molecule has 2 radical (unpaired) electrons. The number of hydrogen-bond acceptors (Lipinski definition) is 12. The van der Waals surface area contributed by atoms with Crippen molar-refractivity contribution in [2.45, 2.75) is 0 Å². The molecule has 0 amide bonds. The summed E-state index contributed by atoms with van der Waals surface area (Å²) in [6, 6.07) is 0.109. The molecule has 1 aromatic carbocycles. The average molecular weight is 589 g/mol. The van der Waals surface area contributed by atoms with Crippen LogP contribution in [0.15, 0.2) is 6.07 Å². The smallest absolute Gasteiger partial charge is 0.863 e. The van der Waals surface area contributed by atoms with Crippen molar-refractivity contribution >= 4 is 44.4 Å². The molecule has 0 saturated heterocycles. The molecule has 0 N–H and O–H groups in total. The second-order valence-electron chi connectivity index (χ2n) is 3.07. The minimum Gasteiger partial charge on any atom is -0.863 e. The van der Waals surface area contributed by atoms with Crippen LogP contribution in [0.1, 0.15) is 0 Å². The maximum Gasteiger partial charge on any atom is 2.00 e. The Morgan fingerprint density at radius 2 is 1.00 bits per heavy atom. The molecule has 24 heavy (non-hydrogen) atoms. The molecule has 0 aromatic heterocycles. The quantitative estimate of drug-likeness (QED) is 0.181. The first-order valence-corrected chi connectivity index (χ1v) is 5.60. The normalized spacial score (nSPS) is 9.50. The van der Waals surface area contributed by atoms with Crippen LogP contribution in [-0.2, 0) is 0 Å². The number of rotatable bonds is 3. The first kappa shape index (κ1) is 28.5. The number of nitro groups is 3. The van der Waals surface area contributed by atoms with E-state index in [2.05, 4.69) is 0 Å². The van der Waals surface area contributed by atoms with Crippen molar-refractivity contribution in [3.63, 3.8) is 0 Å². The Hall–Kier alpha value is -0.292. The number of benzene rings is 1.